The highest BCUT2D eigenvalue weighted by Gasteiger charge is 2.18. The van der Waals surface area contributed by atoms with Crippen molar-refractivity contribution in [3.63, 3.8) is 0 Å². The Hall–Kier alpha value is -1.75. The Bertz CT molecular complexity index is 465. The van der Waals surface area contributed by atoms with Crippen LogP contribution in [-0.4, -0.2) is 30.4 Å². The van der Waals surface area contributed by atoms with Gasteiger partial charge < -0.3 is 20.5 Å². The van der Waals surface area contributed by atoms with Crippen LogP contribution in [0, 0.1) is 5.92 Å². The second kappa shape index (κ2) is 7.88. The molecule has 116 valence electrons. The van der Waals surface area contributed by atoms with E-state index in [0.717, 1.165) is 31.4 Å². The number of phenols is 1. The summed E-state index contributed by atoms with van der Waals surface area (Å²) >= 11 is 0. The molecular formula is C16H24N2O3. The van der Waals surface area contributed by atoms with Gasteiger partial charge >= 0.3 is 6.03 Å². The Morgan fingerprint density at radius 1 is 1.43 bits per heavy atom. The molecule has 5 heteroatoms. The van der Waals surface area contributed by atoms with Gasteiger partial charge in [0.2, 0.25) is 0 Å². The highest BCUT2D eigenvalue weighted by molar-refractivity contribution is 5.73. The lowest BCUT2D eigenvalue weighted by Gasteiger charge is -2.27. The van der Waals surface area contributed by atoms with Crippen molar-refractivity contribution in [3.8, 4) is 5.75 Å². The Morgan fingerprint density at radius 3 is 3.05 bits per heavy atom. The van der Waals surface area contributed by atoms with Gasteiger partial charge in [0.25, 0.3) is 0 Å². The summed E-state index contributed by atoms with van der Waals surface area (Å²) in [5.41, 5.74) is 0.878. The fraction of sp³-hybridized carbons (Fsp3) is 0.562. The summed E-state index contributed by atoms with van der Waals surface area (Å²) in [5, 5.41) is 15.0. The molecule has 2 amide bonds. The van der Waals surface area contributed by atoms with Crippen LogP contribution in [0.25, 0.3) is 0 Å². The molecule has 1 aliphatic rings. The second-order valence-corrected chi connectivity index (χ2v) is 5.64. The van der Waals surface area contributed by atoms with Gasteiger partial charge in [-0.1, -0.05) is 12.1 Å². The van der Waals surface area contributed by atoms with Gasteiger partial charge in [0.1, 0.15) is 5.75 Å². The number of nitrogens with one attached hydrogen (secondary N) is 2. The molecule has 0 unspecified atom stereocenters. The van der Waals surface area contributed by atoms with Crippen LogP contribution in [0.15, 0.2) is 24.3 Å². The number of amides is 2. The topological polar surface area (TPSA) is 70.6 Å². The van der Waals surface area contributed by atoms with Crippen molar-refractivity contribution in [1.82, 2.24) is 10.6 Å². The molecule has 1 aromatic rings. The zero-order valence-electron chi connectivity index (χ0n) is 12.5. The van der Waals surface area contributed by atoms with Crippen LogP contribution in [0.2, 0.25) is 0 Å². The minimum absolute atomic E-state index is 0.168. The average Bonchev–Trinajstić information content (AvgIpc) is 2.45. The van der Waals surface area contributed by atoms with Crippen molar-refractivity contribution in [3.05, 3.63) is 29.8 Å². The predicted molar refractivity (Wildman–Crippen MR) is 81.1 cm³/mol. The van der Waals surface area contributed by atoms with Crippen LogP contribution in [0.3, 0.4) is 0 Å². The first-order valence-electron chi connectivity index (χ1n) is 7.54. The summed E-state index contributed by atoms with van der Waals surface area (Å²) in [7, 11) is 0. The number of urea groups is 1. The minimum atomic E-state index is -0.168. The van der Waals surface area contributed by atoms with Crippen molar-refractivity contribution >= 4 is 6.03 Å². The second-order valence-electron chi connectivity index (χ2n) is 5.64. The summed E-state index contributed by atoms with van der Waals surface area (Å²) in [6.07, 6.45) is 3.49. The monoisotopic (exact) mass is 292 g/mol. The Balaban J connectivity index is 1.61. The summed E-state index contributed by atoms with van der Waals surface area (Å²) in [4.78, 5) is 11.7. The third-order valence-corrected chi connectivity index (χ3v) is 3.80. The molecule has 2 atom stereocenters. The van der Waals surface area contributed by atoms with Crippen molar-refractivity contribution in [1.29, 1.82) is 0 Å². The smallest absolute Gasteiger partial charge is 0.315 e. The van der Waals surface area contributed by atoms with Crippen molar-refractivity contribution < 1.29 is 14.6 Å². The maximum absolute atomic E-state index is 11.7. The molecule has 5 nitrogen and oxygen atoms in total. The molecular weight excluding hydrogens is 268 g/mol. The molecule has 3 N–H and O–H groups in total. The lowest BCUT2D eigenvalue weighted by Crippen LogP contribution is -2.36. The Kier molecular flexibility index (Phi) is 5.87. The van der Waals surface area contributed by atoms with Crippen LogP contribution in [-0.2, 0) is 11.3 Å². The zero-order chi connectivity index (χ0) is 15.1. The number of carbonyl (C=O) groups excluding carboxylic acids is 1. The molecule has 1 heterocycles. The Morgan fingerprint density at radius 2 is 2.29 bits per heavy atom. The normalized spacial score (nSPS) is 21.8. The number of carbonyl (C=O) groups is 1. The number of phenolic OH excluding ortho intramolecular Hbond substituents is 1. The standard InChI is InChI=1S/C16H24N2O3/c1-12-9-13(6-8-21-12)5-7-17-16(20)18-11-14-3-2-4-15(19)10-14/h2-4,10,12-13,19H,5-9,11H2,1H3,(H2,17,18,20)/t12-,13+/m0/s1. The molecule has 2 rings (SSSR count). The van der Waals surface area contributed by atoms with Crippen LogP contribution in [0.5, 0.6) is 5.75 Å². The van der Waals surface area contributed by atoms with E-state index in [1.54, 1.807) is 18.2 Å². The predicted octanol–water partition coefficient (Wildman–Crippen LogP) is 2.40. The highest BCUT2D eigenvalue weighted by Crippen LogP contribution is 2.22. The number of rotatable bonds is 5. The van der Waals surface area contributed by atoms with E-state index in [4.69, 9.17) is 4.74 Å². The fourth-order valence-electron chi connectivity index (χ4n) is 2.65. The SMILES string of the molecule is C[C@H]1C[C@H](CCNC(=O)NCc2cccc(O)c2)CCO1. The van der Waals surface area contributed by atoms with E-state index in [1.807, 2.05) is 6.07 Å². The highest BCUT2D eigenvalue weighted by atomic mass is 16.5. The quantitative estimate of drug-likeness (QED) is 0.780. The lowest BCUT2D eigenvalue weighted by atomic mass is 9.93. The number of ether oxygens (including phenoxy) is 1. The number of benzene rings is 1. The molecule has 0 saturated carbocycles. The molecule has 1 saturated heterocycles. The van der Waals surface area contributed by atoms with Gasteiger partial charge in [0.05, 0.1) is 6.10 Å². The maximum Gasteiger partial charge on any atom is 0.315 e. The fourth-order valence-corrected chi connectivity index (χ4v) is 2.65. The van der Waals surface area contributed by atoms with E-state index < -0.39 is 0 Å². The summed E-state index contributed by atoms with van der Waals surface area (Å²) < 4.78 is 5.51. The van der Waals surface area contributed by atoms with Crippen LogP contribution in [0.4, 0.5) is 4.79 Å². The summed E-state index contributed by atoms with van der Waals surface area (Å²) in [5.74, 6) is 0.850. The zero-order valence-corrected chi connectivity index (χ0v) is 12.5. The first-order chi connectivity index (χ1) is 10.1. The van der Waals surface area contributed by atoms with Crippen LogP contribution >= 0.6 is 0 Å². The van der Waals surface area contributed by atoms with Crippen molar-refractivity contribution in [2.75, 3.05) is 13.2 Å². The molecule has 0 aliphatic carbocycles. The summed E-state index contributed by atoms with van der Waals surface area (Å²) in [6.45, 7) is 4.02. The third kappa shape index (κ3) is 5.63. The van der Waals surface area contributed by atoms with E-state index >= 15 is 0 Å². The number of hydrogen-bond donors (Lipinski definition) is 3. The van der Waals surface area contributed by atoms with Gasteiger partial charge in [0, 0.05) is 19.7 Å². The molecule has 0 radical (unpaired) electrons. The van der Waals surface area contributed by atoms with Gasteiger partial charge in [-0.25, -0.2) is 4.79 Å². The van der Waals surface area contributed by atoms with E-state index in [2.05, 4.69) is 17.6 Å². The third-order valence-electron chi connectivity index (χ3n) is 3.80. The number of hydrogen-bond acceptors (Lipinski definition) is 3. The molecule has 0 spiro atoms. The lowest BCUT2D eigenvalue weighted by molar-refractivity contribution is 0.00117. The molecule has 1 fully saturated rings. The van der Waals surface area contributed by atoms with Gasteiger partial charge in [-0.15, -0.1) is 0 Å². The molecule has 1 aromatic carbocycles. The molecule has 0 aromatic heterocycles. The van der Waals surface area contributed by atoms with E-state index in [9.17, 15) is 9.90 Å². The van der Waals surface area contributed by atoms with Crippen molar-refractivity contribution in [2.45, 2.75) is 38.8 Å². The van der Waals surface area contributed by atoms with E-state index in [-0.39, 0.29) is 11.8 Å². The van der Waals surface area contributed by atoms with Gasteiger partial charge in [-0.3, -0.25) is 0 Å². The molecule has 1 aliphatic heterocycles. The number of aromatic hydroxyl groups is 1. The van der Waals surface area contributed by atoms with E-state index in [0.29, 0.717) is 25.1 Å². The van der Waals surface area contributed by atoms with Crippen molar-refractivity contribution in [2.24, 2.45) is 5.92 Å². The maximum atomic E-state index is 11.7. The first-order valence-corrected chi connectivity index (χ1v) is 7.54. The van der Waals surface area contributed by atoms with Gasteiger partial charge in [-0.05, 0) is 49.8 Å². The largest absolute Gasteiger partial charge is 0.508 e. The van der Waals surface area contributed by atoms with Gasteiger partial charge in [0.15, 0.2) is 0 Å². The molecule has 0 bridgehead atoms. The van der Waals surface area contributed by atoms with E-state index in [1.165, 1.54) is 0 Å². The van der Waals surface area contributed by atoms with Crippen LogP contribution in [0.1, 0.15) is 31.7 Å². The minimum Gasteiger partial charge on any atom is -0.508 e. The first kappa shape index (κ1) is 15.6. The van der Waals surface area contributed by atoms with Gasteiger partial charge in [-0.2, -0.15) is 0 Å². The Labute approximate surface area is 125 Å². The van der Waals surface area contributed by atoms with Crippen LogP contribution < -0.4 is 10.6 Å². The molecule has 21 heavy (non-hydrogen) atoms. The summed E-state index contributed by atoms with van der Waals surface area (Å²) in [6, 6.07) is 6.71. The average molecular weight is 292 g/mol.